The van der Waals surface area contributed by atoms with Crippen molar-refractivity contribution in [3.05, 3.63) is 10.9 Å². The number of methoxy groups -OCH3 is 2. The number of esters is 1. The third kappa shape index (κ3) is 3.27. The second-order valence-electron chi connectivity index (χ2n) is 5.03. The lowest BCUT2D eigenvalue weighted by atomic mass is 10.1. The van der Waals surface area contributed by atoms with E-state index >= 15 is 0 Å². The molecule has 1 fully saturated rings. The maximum Gasteiger partial charge on any atom is 0.348 e. The fourth-order valence-corrected chi connectivity index (χ4v) is 5.63. The molecule has 1 aromatic heterocycles. The fourth-order valence-electron chi connectivity index (χ4n) is 2.47. The van der Waals surface area contributed by atoms with Gasteiger partial charge in [0.2, 0.25) is 0 Å². The number of sulfonamides is 1. The summed E-state index contributed by atoms with van der Waals surface area (Å²) in [6.45, 7) is 1.72. The van der Waals surface area contributed by atoms with E-state index in [0.29, 0.717) is 19.0 Å². The van der Waals surface area contributed by atoms with E-state index in [9.17, 15) is 13.2 Å². The minimum absolute atomic E-state index is 0.0560. The van der Waals surface area contributed by atoms with Crippen LogP contribution in [0, 0.1) is 5.92 Å². The zero-order chi connectivity index (χ0) is 16.3. The summed E-state index contributed by atoms with van der Waals surface area (Å²) in [5.74, 6) is -0.0903. The zero-order valence-corrected chi connectivity index (χ0v) is 14.4. The standard InChI is InChI=1S/C13H20N2O5S2/c1-14-7-9-4-5-15(8-9)22(17,18)13-10(19-2)6-11(21-13)12(16)20-3/h6,9,14H,4-5,7-8H2,1-3H3. The highest BCUT2D eigenvalue weighted by molar-refractivity contribution is 7.91. The van der Waals surface area contributed by atoms with Crippen molar-refractivity contribution in [1.29, 1.82) is 0 Å². The summed E-state index contributed by atoms with van der Waals surface area (Å²) >= 11 is 0.880. The van der Waals surface area contributed by atoms with Gasteiger partial charge >= 0.3 is 5.97 Å². The van der Waals surface area contributed by atoms with Crippen LogP contribution in [0.1, 0.15) is 16.1 Å². The first kappa shape index (κ1) is 17.2. The molecular weight excluding hydrogens is 328 g/mol. The average Bonchev–Trinajstić information content (AvgIpc) is 3.13. The monoisotopic (exact) mass is 348 g/mol. The number of nitrogens with zero attached hydrogens (tertiary/aromatic N) is 1. The number of carbonyl (C=O) groups excluding carboxylic acids is 1. The molecule has 1 saturated heterocycles. The molecule has 0 aliphatic carbocycles. The topological polar surface area (TPSA) is 84.9 Å². The van der Waals surface area contributed by atoms with Crippen molar-refractivity contribution in [3.63, 3.8) is 0 Å². The van der Waals surface area contributed by atoms with Crippen LogP contribution in [0.3, 0.4) is 0 Å². The van der Waals surface area contributed by atoms with Crippen molar-refractivity contribution in [2.45, 2.75) is 10.6 Å². The first-order valence-corrected chi connectivity index (χ1v) is 9.10. The van der Waals surface area contributed by atoms with E-state index in [1.54, 1.807) is 0 Å². The van der Waals surface area contributed by atoms with Gasteiger partial charge in [-0.1, -0.05) is 0 Å². The number of nitrogens with one attached hydrogen (secondary N) is 1. The maximum atomic E-state index is 12.8. The van der Waals surface area contributed by atoms with Gasteiger partial charge in [-0.15, -0.1) is 11.3 Å². The quantitative estimate of drug-likeness (QED) is 0.765. The van der Waals surface area contributed by atoms with Gasteiger partial charge in [-0.25, -0.2) is 13.2 Å². The molecule has 0 radical (unpaired) electrons. The van der Waals surface area contributed by atoms with Crippen molar-refractivity contribution in [2.24, 2.45) is 5.92 Å². The highest BCUT2D eigenvalue weighted by Crippen LogP contribution is 2.37. The number of hydrogen-bond acceptors (Lipinski definition) is 7. The summed E-state index contributed by atoms with van der Waals surface area (Å²) < 4.78 is 36.8. The van der Waals surface area contributed by atoms with Gasteiger partial charge < -0.3 is 14.8 Å². The van der Waals surface area contributed by atoms with Crippen LogP contribution in [0.25, 0.3) is 0 Å². The number of hydrogen-bond donors (Lipinski definition) is 1. The van der Waals surface area contributed by atoms with Crippen LogP contribution < -0.4 is 10.1 Å². The predicted molar refractivity (Wildman–Crippen MR) is 83.0 cm³/mol. The number of rotatable bonds is 6. The van der Waals surface area contributed by atoms with Crippen LogP contribution in [0.15, 0.2) is 10.3 Å². The summed E-state index contributed by atoms with van der Waals surface area (Å²) in [6.07, 6.45) is 0.817. The molecule has 2 rings (SSSR count). The molecule has 1 aliphatic heterocycles. The third-order valence-corrected chi connectivity index (χ3v) is 7.04. The molecule has 1 aromatic rings. The molecule has 0 bridgehead atoms. The van der Waals surface area contributed by atoms with Gasteiger partial charge in [0.05, 0.1) is 14.2 Å². The average molecular weight is 348 g/mol. The molecule has 1 atom stereocenters. The summed E-state index contributed by atoms with van der Waals surface area (Å²) in [4.78, 5) is 11.8. The highest BCUT2D eigenvalue weighted by atomic mass is 32.2. The lowest BCUT2D eigenvalue weighted by Crippen LogP contribution is -2.30. The van der Waals surface area contributed by atoms with Crippen LogP contribution in [0.4, 0.5) is 0 Å². The Morgan fingerprint density at radius 2 is 2.23 bits per heavy atom. The van der Waals surface area contributed by atoms with Gasteiger partial charge in [-0.3, -0.25) is 0 Å². The van der Waals surface area contributed by atoms with Crippen LogP contribution in [0.5, 0.6) is 5.75 Å². The predicted octanol–water partition coefficient (Wildman–Crippen LogP) is 0.773. The Morgan fingerprint density at radius 3 is 2.82 bits per heavy atom. The van der Waals surface area contributed by atoms with Gasteiger partial charge in [0.1, 0.15) is 4.88 Å². The highest BCUT2D eigenvalue weighted by Gasteiger charge is 2.36. The Kier molecular flexibility index (Phi) is 5.43. The largest absolute Gasteiger partial charge is 0.494 e. The molecule has 7 nitrogen and oxygen atoms in total. The van der Waals surface area contributed by atoms with Crippen molar-refractivity contribution >= 4 is 27.3 Å². The van der Waals surface area contributed by atoms with Crippen molar-refractivity contribution in [1.82, 2.24) is 9.62 Å². The molecule has 0 aromatic carbocycles. The van der Waals surface area contributed by atoms with E-state index in [1.807, 2.05) is 7.05 Å². The van der Waals surface area contributed by atoms with Gasteiger partial charge in [0, 0.05) is 19.2 Å². The molecule has 124 valence electrons. The number of carbonyl (C=O) groups is 1. The maximum absolute atomic E-state index is 12.8. The Balaban J connectivity index is 2.29. The molecule has 1 aliphatic rings. The SMILES string of the molecule is CNCC1CCN(S(=O)(=O)c2sc(C(=O)OC)cc2OC)C1. The third-order valence-electron chi connectivity index (χ3n) is 3.59. The van der Waals surface area contributed by atoms with Crippen LogP contribution in [-0.4, -0.2) is 59.6 Å². The molecule has 0 amide bonds. The van der Waals surface area contributed by atoms with Gasteiger partial charge in [0.15, 0.2) is 9.96 Å². The van der Waals surface area contributed by atoms with E-state index in [1.165, 1.54) is 24.6 Å². The number of thiophene rings is 1. The molecular formula is C13H20N2O5S2. The normalized spacial score (nSPS) is 19.3. The Morgan fingerprint density at radius 1 is 1.50 bits per heavy atom. The summed E-state index contributed by atoms with van der Waals surface area (Å²) in [7, 11) is 0.827. The number of ether oxygens (including phenoxy) is 2. The second-order valence-corrected chi connectivity index (χ2v) is 8.22. The first-order valence-electron chi connectivity index (χ1n) is 6.85. The Bertz CT molecular complexity index is 641. The van der Waals surface area contributed by atoms with Crippen molar-refractivity contribution in [3.8, 4) is 5.75 Å². The molecule has 1 N–H and O–H groups in total. The minimum atomic E-state index is -3.66. The molecule has 9 heteroatoms. The van der Waals surface area contributed by atoms with E-state index in [-0.39, 0.29) is 14.8 Å². The molecule has 0 spiro atoms. The minimum Gasteiger partial charge on any atom is -0.494 e. The molecule has 2 heterocycles. The van der Waals surface area contributed by atoms with Gasteiger partial charge in [-0.2, -0.15) is 4.31 Å². The van der Waals surface area contributed by atoms with Crippen LogP contribution in [-0.2, 0) is 14.8 Å². The van der Waals surface area contributed by atoms with Crippen molar-refractivity contribution in [2.75, 3.05) is 40.9 Å². The van der Waals surface area contributed by atoms with E-state index in [2.05, 4.69) is 10.1 Å². The zero-order valence-electron chi connectivity index (χ0n) is 12.8. The fraction of sp³-hybridized carbons (Fsp3) is 0.615. The smallest absolute Gasteiger partial charge is 0.348 e. The lowest BCUT2D eigenvalue weighted by molar-refractivity contribution is 0.0606. The molecule has 0 saturated carbocycles. The van der Waals surface area contributed by atoms with Gasteiger partial charge in [-0.05, 0) is 25.9 Å². The van der Waals surface area contributed by atoms with E-state index in [4.69, 9.17) is 4.74 Å². The summed E-state index contributed by atoms with van der Waals surface area (Å²) in [5.41, 5.74) is 0. The second kappa shape index (κ2) is 6.95. The lowest BCUT2D eigenvalue weighted by Gasteiger charge is -2.16. The molecule has 22 heavy (non-hydrogen) atoms. The van der Waals surface area contributed by atoms with Gasteiger partial charge in [0.25, 0.3) is 10.0 Å². The molecule has 1 unspecified atom stereocenters. The van der Waals surface area contributed by atoms with Crippen molar-refractivity contribution < 1.29 is 22.7 Å². The van der Waals surface area contributed by atoms with Crippen LogP contribution in [0.2, 0.25) is 0 Å². The summed E-state index contributed by atoms with van der Waals surface area (Å²) in [5, 5.41) is 3.07. The van der Waals surface area contributed by atoms with E-state index in [0.717, 1.165) is 24.3 Å². The summed E-state index contributed by atoms with van der Waals surface area (Å²) in [6, 6.07) is 1.41. The Labute approximate surface area is 134 Å². The first-order chi connectivity index (χ1) is 10.4. The van der Waals surface area contributed by atoms with Crippen LogP contribution >= 0.6 is 11.3 Å². The Hall–Kier alpha value is -1.16. The van der Waals surface area contributed by atoms with E-state index < -0.39 is 16.0 Å².